The molecule has 0 spiro atoms. The van der Waals surface area contributed by atoms with Gasteiger partial charge in [0, 0.05) is 0 Å². The van der Waals surface area contributed by atoms with Crippen LogP contribution in [0.25, 0.3) is 0 Å². The maximum atomic E-state index is 11.4. The molecule has 0 aromatic carbocycles. The third-order valence-electron chi connectivity index (χ3n) is 3.38. The van der Waals surface area contributed by atoms with Crippen molar-refractivity contribution in [2.45, 2.75) is 58.0 Å². The summed E-state index contributed by atoms with van der Waals surface area (Å²) in [5, 5.41) is 0. The Morgan fingerprint density at radius 3 is 2.05 bits per heavy atom. The van der Waals surface area contributed by atoms with Gasteiger partial charge in [0.2, 0.25) is 0 Å². The molecule has 0 amide bonds. The Bertz CT molecular complexity index is 397. The fourth-order valence-corrected chi connectivity index (χ4v) is 5.15. The van der Waals surface area contributed by atoms with E-state index >= 15 is 0 Å². The Labute approximate surface area is 127 Å². The maximum Gasteiger partial charge on any atom is 0.329 e. The molecule has 126 valence electrons. The quantitative estimate of drug-likeness (QED) is 0.260. The fraction of sp³-hybridized carbons (Fsp3) is 0.846. The molecule has 6 nitrogen and oxygen atoms in total. The molecule has 2 atom stereocenters. The highest BCUT2D eigenvalue weighted by Crippen LogP contribution is 2.51. The third kappa shape index (κ3) is 11.3. The molecule has 0 saturated heterocycles. The van der Waals surface area contributed by atoms with E-state index in [1.54, 1.807) is 13.0 Å². The molecule has 0 aliphatic carbocycles. The second-order valence-corrected chi connectivity index (χ2v) is 9.03. The first kappa shape index (κ1) is 21.0. The largest absolute Gasteiger partial charge is 0.329 e. The van der Waals surface area contributed by atoms with E-state index in [0.717, 1.165) is 19.3 Å². The van der Waals surface area contributed by atoms with Crippen molar-refractivity contribution in [3.8, 4) is 0 Å². The molecular weight excluding hydrogens is 314 g/mol. The normalized spacial score (nSPS) is 16.3. The Kier molecular flexibility index (Phi) is 9.96. The van der Waals surface area contributed by atoms with Crippen LogP contribution in [0.15, 0.2) is 12.2 Å². The van der Waals surface area contributed by atoms with Crippen molar-refractivity contribution in [1.82, 2.24) is 0 Å². The van der Waals surface area contributed by atoms with Gasteiger partial charge in [-0.2, -0.15) is 0 Å². The first-order valence-corrected chi connectivity index (χ1v) is 10.8. The Hall–Kier alpha value is 0.0400. The maximum absolute atomic E-state index is 11.4. The molecule has 0 aliphatic heterocycles. The zero-order valence-electron chi connectivity index (χ0n) is 12.8. The molecule has 0 bridgehead atoms. The number of allylic oxidation sites excluding steroid dienone is 2. The van der Waals surface area contributed by atoms with Crippen LogP contribution in [0, 0.1) is 5.92 Å². The lowest BCUT2D eigenvalue weighted by Gasteiger charge is -2.23. The van der Waals surface area contributed by atoms with Crippen molar-refractivity contribution in [2.75, 3.05) is 6.16 Å². The minimum absolute atomic E-state index is 0.575. The van der Waals surface area contributed by atoms with Crippen LogP contribution in [0.3, 0.4) is 0 Å². The molecule has 0 saturated carbocycles. The lowest BCUT2D eigenvalue weighted by atomic mass is 10.1. The lowest BCUT2D eigenvalue weighted by molar-refractivity contribution is 0.336. The van der Waals surface area contributed by atoms with E-state index in [2.05, 4.69) is 6.92 Å². The van der Waals surface area contributed by atoms with Crippen LogP contribution in [0.1, 0.15) is 52.4 Å². The van der Waals surface area contributed by atoms with Gasteiger partial charge < -0.3 is 19.6 Å². The van der Waals surface area contributed by atoms with Gasteiger partial charge in [0.15, 0.2) is 0 Å². The predicted molar refractivity (Wildman–Crippen MR) is 84.4 cm³/mol. The number of rotatable bonds is 11. The molecular formula is C13H28O6P2. The topological polar surface area (TPSA) is 115 Å². The van der Waals surface area contributed by atoms with E-state index < -0.39 is 32.9 Å². The van der Waals surface area contributed by atoms with Gasteiger partial charge in [0.25, 0.3) is 0 Å². The second kappa shape index (κ2) is 9.94. The molecule has 4 N–H and O–H groups in total. The zero-order chi connectivity index (χ0) is 16.5. The minimum atomic E-state index is -4.54. The van der Waals surface area contributed by atoms with E-state index in [0.29, 0.717) is 0 Å². The minimum Gasteiger partial charge on any atom is -0.324 e. The standard InChI is InChI=1S/C13H28O6P2/c1-3-4-5-6-7-8-9-10-12(2)13(21(17,18)19)11-20(14,15)16/h9-10,12-13H,3-8,11H2,1-2H3,(H2,14,15,16)(H2,17,18,19)/b10-9+. The van der Waals surface area contributed by atoms with Gasteiger partial charge in [-0.1, -0.05) is 51.7 Å². The monoisotopic (exact) mass is 342 g/mol. The van der Waals surface area contributed by atoms with E-state index in [-0.39, 0.29) is 0 Å². The predicted octanol–water partition coefficient (Wildman–Crippen LogP) is 3.26. The third-order valence-corrected chi connectivity index (χ3v) is 6.05. The highest BCUT2D eigenvalue weighted by molar-refractivity contribution is 7.56. The highest BCUT2D eigenvalue weighted by atomic mass is 31.2. The summed E-state index contributed by atoms with van der Waals surface area (Å²) in [4.78, 5) is 36.4. The first-order chi connectivity index (χ1) is 9.58. The van der Waals surface area contributed by atoms with Crippen LogP contribution in [-0.4, -0.2) is 31.4 Å². The Morgan fingerprint density at radius 1 is 1.00 bits per heavy atom. The summed E-state index contributed by atoms with van der Waals surface area (Å²) in [6, 6.07) is 0. The van der Waals surface area contributed by atoms with Gasteiger partial charge in [-0.15, -0.1) is 0 Å². The van der Waals surface area contributed by atoms with Gasteiger partial charge in [-0.05, 0) is 18.8 Å². The zero-order valence-corrected chi connectivity index (χ0v) is 14.5. The van der Waals surface area contributed by atoms with Crippen LogP contribution < -0.4 is 0 Å². The van der Waals surface area contributed by atoms with E-state index in [1.165, 1.54) is 19.3 Å². The average molecular weight is 342 g/mol. The summed E-state index contributed by atoms with van der Waals surface area (Å²) in [7, 11) is -9.00. The van der Waals surface area contributed by atoms with Gasteiger partial charge >= 0.3 is 15.2 Å². The number of hydrogen-bond acceptors (Lipinski definition) is 2. The molecule has 0 rings (SSSR count). The van der Waals surface area contributed by atoms with Crippen molar-refractivity contribution < 1.29 is 28.7 Å². The summed E-state index contributed by atoms with van der Waals surface area (Å²) in [6.07, 6.45) is 9.24. The van der Waals surface area contributed by atoms with E-state index in [1.807, 2.05) is 6.08 Å². The summed E-state index contributed by atoms with van der Waals surface area (Å²) in [6.45, 7) is 3.72. The summed E-state index contributed by atoms with van der Waals surface area (Å²) in [5.41, 5.74) is -1.34. The van der Waals surface area contributed by atoms with Crippen LogP contribution in [-0.2, 0) is 9.13 Å². The molecule has 0 fully saturated rings. The lowest BCUT2D eigenvalue weighted by Crippen LogP contribution is -2.21. The molecule has 0 aliphatic rings. The molecule has 0 aromatic rings. The van der Waals surface area contributed by atoms with E-state index in [9.17, 15) is 18.9 Å². The van der Waals surface area contributed by atoms with Crippen molar-refractivity contribution in [1.29, 1.82) is 0 Å². The smallest absolute Gasteiger partial charge is 0.324 e. The SMILES string of the molecule is CCCCCCC/C=C/C(C)C(CP(=O)(O)O)P(=O)(O)O. The van der Waals surface area contributed by atoms with Gasteiger partial charge in [0.1, 0.15) is 0 Å². The first-order valence-electron chi connectivity index (χ1n) is 7.34. The Balaban J connectivity index is 4.38. The van der Waals surface area contributed by atoms with E-state index in [4.69, 9.17) is 9.79 Å². The van der Waals surface area contributed by atoms with Crippen molar-refractivity contribution >= 4 is 15.2 Å². The number of unbranched alkanes of at least 4 members (excludes halogenated alkanes) is 5. The van der Waals surface area contributed by atoms with Crippen LogP contribution in [0.2, 0.25) is 0 Å². The van der Waals surface area contributed by atoms with Crippen LogP contribution >= 0.6 is 15.2 Å². The van der Waals surface area contributed by atoms with Crippen LogP contribution in [0.4, 0.5) is 0 Å². The summed E-state index contributed by atoms with van der Waals surface area (Å²) < 4.78 is 22.4. The molecule has 2 unspecified atom stereocenters. The van der Waals surface area contributed by atoms with Crippen molar-refractivity contribution in [2.24, 2.45) is 5.92 Å². The van der Waals surface area contributed by atoms with Gasteiger partial charge in [-0.3, -0.25) is 9.13 Å². The molecule has 21 heavy (non-hydrogen) atoms. The van der Waals surface area contributed by atoms with Crippen molar-refractivity contribution in [3.63, 3.8) is 0 Å². The molecule has 0 aromatic heterocycles. The Morgan fingerprint density at radius 2 is 1.57 bits per heavy atom. The fourth-order valence-electron chi connectivity index (χ4n) is 2.13. The molecule has 0 radical (unpaired) electrons. The second-order valence-electron chi connectivity index (χ2n) is 5.49. The van der Waals surface area contributed by atoms with Crippen molar-refractivity contribution in [3.05, 3.63) is 12.2 Å². The van der Waals surface area contributed by atoms with Crippen LogP contribution in [0.5, 0.6) is 0 Å². The summed E-state index contributed by atoms with van der Waals surface area (Å²) >= 11 is 0. The molecule has 0 heterocycles. The van der Waals surface area contributed by atoms with Gasteiger partial charge in [0.05, 0.1) is 11.8 Å². The highest BCUT2D eigenvalue weighted by Gasteiger charge is 2.37. The van der Waals surface area contributed by atoms with Gasteiger partial charge in [-0.25, -0.2) is 0 Å². The molecule has 8 heteroatoms. The summed E-state index contributed by atoms with van der Waals surface area (Å²) in [5.74, 6) is -0.575. The average Bonchev–Trinajstić information content (AvgIpc) is 2.32. The number of hydrogen-bond donors (Lipinski definition) is 4.